The topological polar surface area (TPSA) is 68.0 Å². The van der Waals surface area contributed by atoms with Crippen molar-refractivity contribution in [2.45, 2.75) is 4.90 Å². The van der Waals surface area contributed by atoms with Crippen molar-refractivity contribution in [2.24, 2.45) is 0 Å². The Labute approximate surface area is 123 Å². The van der Waals surface area contributed by atoms with Crippen LogP contribution in [-0.2, 0) is 0 Å². The van der Waals surface area contributed by atoms with E-state index in [2.05, 4.69) is 26.2 Å². The van der Waals surface area contributed by atoms with Crippen LogP contribution < -0.4 is 11.1 Å². The van der Waals surface area contributed by atoms with Gasteiger partial charge in [-0.2, -0.15) is 0 Å². The molecule has 2 aromatic rings. The lowest BCUT2D eigenvalue weighted by molar-refractivity contribution is 0.102. The first-order valence-corrected chi connectivity index (χ1v) is 7.49. The van der Waals surface area contributed by atoms with E-state index in [0.717, 1.165) is 4.90 Å². The summed E-state index contributed by atoms with van der Waals surface area (Å²) < 4.78 is 0.655. The SMILES string of the molecule is CSc1ccccc1C(=O)Nc1ncc(N)cc1Br. The first-order valence-electron chi connectivity index (χ1n) is 5.47. The number of amides is 1. The van der Waals surface area contributed by atoms with Gasteiger partial charge in [-0.1, -0.05) is 12.1 Å². The molecule has 1 heterocycles. The number of nitrogen functional groups attached to an aromatic ring is 1. The van der Waals surface area contributed by atoms with E-state index in [-0.39, 0.29) is 5.91 Å². The van der Waals surface area contributed by atoms with Crippen molar-refractivity contribution < 1.29 is 4.79 Å². The van der Waals surface area contributed by atoms with Gasteiger partial charge in [0.2, 0.25) is 0 Å². The van der Waals surface area contributed by atoms with Crippen molar-refractivity contribution in [1.29, 1.82) is 0 Å². The minimum absolute atomic E-state index is 0.192. The number of carbonyl (C=O) groups is 1. The molecule has 0 aliphatic heterocycles. The highest BCUT2D eigenvalue weighted by molar-refractivity contribution is 9.10. The Balaban J connectivity index is 2.26. The van der Waals surface area contributed by atoms with Crippen molar-refractivity contribution in [2.75, 3.05) is 17.3 Å². The first-order chi connectivity index (χ1) is 9.11. The van der Waals surface area contributed by atoms with Gasteiger partial charge in [0.1, 0.15) is 5.82 Å². The molecule has 0 aliphatic carbocycles. The third kappa shape index (κ3) is 3.27. The number of aromatic nitrogens is 1. The maximum absolute atomic E-state index is 12.2. The summed E-state index contributed by atoms with van der Waals surface area (Å²) in [6.07, 6.45) is 3.43. The molecule has 0 bridgehead atoms. The number of carbonyl (C=O) groups excluding carboxylic acids is 1. The average molecular weight is 338 g/mol. The lowest BCUT2D eigenvalue weighted by atomic mass is 10.2. The van der Waals surface area contributed by atoms with E-state index >= 15 is 0 Å². The molecule has 0 aliphatic rings. The van der Waals surface area contributed by atoms with E-state index in [0.29, 0.717) is 21.5 Å². The number of hydrogen-bond donors (Lipinski definition) is 2. The molecular formula is C13H12BrN3OS. The van der Waals surface area contributed by atoms with Crippen LogP contribution in [0.5, 0.6) is 0 Å². The highest BCUT2D eigenvalue weighted by Crippen LogP contribution is 2.24. The number of anilines is 2. The smallest absolute Gasteiger partial charge is 0.257 e. The number of hydrogen-bond acceptors (Lipinski definition) is 4. The second-order valence-electron chi connectivity index (χ2n) is 3.75. The first kappa shape index (κ1) is 13.9. The monoisotopic (exact) mass is 337 g/mol. The summed E-state index contributed by atoms with van der Waals surface area (Å²) in [7, 11) is 0. The van der Waals surface area contributed by atoms with Gasteiger partial charge in [0.25, 0.3) is 5.91 Å². The number of pyridine rings is 1. The van der Waals surface area contributed by atoms with Crippen molar-refractivity contribution >= 4 is 45.1 Å². The molecule has 19 heavy (non-hydrogen) atoms. The molecule has 0 atom stereocenters. The van der Waals surface area contributed by atoms with E-state index in [1.165, 1.54) is 18.0 Å². The highest BCUT2D eigenvalue weighted by atomic mass is 79.9. The molecule has 1 amide bonds. The Morgan fingerprint density at radius 3 is 2.84 bits per heavy atom. The molecule has 4 nitrogen and oxygen atoms in total. The van der Waals surface area contributed by atoms with Crippen LogP contribution in [0.25, 0.3) is 0 Å². The van der Waals surface area contributed by atoms with E-state index < -0.39 is 0 Å². The van der Waals surface area contributed by atoms with Crippen LogP contribution in [0.15, 0.2) is 45.9 Å². The molecule has 3 N–H and O–H groups in total. The minimum atomic E-state index is -0.192. The normalized spacial score (nSPS) is 10.2. The molecule has 0 radical (unpaired) electrons. The van der Waals surface area contributed by atoms with Gasteiger partial charge < -0.3 is 11.1 Å². The number of nitrogens with two attached hydrogens (primary N) is 1. The third-order valence-corrected chi connectivity index (χ3v) is 3.85. The fraction of sp³-hybridized carbons (Fsp3) is 0.0769. The standard InChI is InChI=1S/C13H12BrN3OS/c1-19-11-5-3-2-4-9(11)13(18)17-12-10(14)6-8(15)7-16-12/h2-7H,15H2,1H3,(H,16,17,18). The van der Waals surface area contributed by atoms with Crippen LogP contribution in [0.4, 0.5) is 11.5 Å². The summed E-state index contributed by atoms with van der Waals surface area (Å²) in [5.41, 5.74) is 6.77. The summed E-state index contributed by atoms with van der Waals surface area (Å²) >= 11 is 4.85. The number of benzene rings is 1. The zero-order valence-corrected chi connectivity index (χ0v) is 12.6. The van der Waals surface area contributed by atoms with Gasteiger partial charge in [-0.05, 0) is 40.4 Å². The van der Waals surface area contributed by atoms with Crippen LogP contribution in [-0.4, -0.2) is 17.1 Å². The zero-order chi connectivity index (χ0) is 13.8. The van der Waals surface area contributed by atoms with E-state index in [9.17, 15) is 4.79 Å². The fourth-order valence-electron chi connectivity index (χ4n) is 1.55. The lowest BCUT2D eigenvalue weighted by Crippen LogP contribution is -2.14. The molecule has 0 unspecified atom stereocenters. The molecule has 0 saturated heterocycles. The summed E-state index contributed by atoms with van der Waals surface area (Å²) in [5.74, 6) is 0.262. The van der Waals surface area contributed by atoms with Crippen molar-refractivity contribution in [3.63, 3.8) is 0 Å². The second kappa shape index (κ2) is 6.08. The fourth-order valence-corrected chi connectivity index (χ4v) is 2.61. The predicted octanol–water partition coefficient (Wildman–Crippen LogP) is 3.40. The second-order valence-corrected chi connectivity index (χ2v) is 5.46. The van der Waals surface area contributed by atoms with E-state index in [4.69, 9.17) is 5.73 Å². The Kier molecular flexibility index (Phi) is 4.44. The molecule has 2 rings (SSSR count). The number of thioether (sulfide) groups is 1. The Hall–Kier alpha value is -1.53. The molecule has 6 heteroatoms. The van der Waals surface area contributed by atoms with Gasteiger partial charge in [-0.3, -0.25) is 4.79 Å². The zero-order valence-electron chi connectivity index (χ0n) is 10.2. The van der Waals surface area contributed by atoms with E-state index in [1.807, 2.05) is 24.5 Å². The maximum Gasteiger partial charge on any atom is 0.257 e. The Morgan fingerprint density at radius 1 is 1.42 bits per heavy atom. The van der Waals surface area contributed by atoms with Crippen molar-refractivity contribution in [3.8, 4) is 0 Å². The highest BCUT2D eigenvalue weighted by Gasteiger charge is 2.12. The number of nitrogens with one attached hydrogen (secondary N) is 1. The average Bonchev–Trinajstić information content (AvgIpc) is 2.41. The quantitative estimate of drug-likeness (QED) is 0.842. The predicted molar refractivity (Wildman–Crippen MR) is 82.5 cm³/mol. The van der Waals surface area contributed by atoms with Crippen LogP contribution >= 0.6 is 27.7 Å². The molecule has 0 saturated carbocycles. The number of halogens is 1. The molecular weight excluding hydrogens is 326 g/mol. The molecule has 0 spiro atoms. The Morgan fingerprint density at radius 2 is 2.16 bits per heavy atom. The van der Waals surface area contributed by atoms with Gasteiger partial charge in [0.15, 0.2) is 0 Å². The van der Waals surface area contributed by atoms with Gasteiger partial charge in [0.05, 0.1) is 21.9 Å². The maximum atomic E-state index is 12.2. The van der Waals surface area contributed by atoms with Gasteiger partial charge in [-0.15, -0.1) is 11.8 Å². The number of nitrogens with zero attached hydrogens (tertiary/aromatic N) is 1. The van der Waals surface area contributed by atoms with E-state index in [1.54, 1.807) is 12.1 Å². The largest absolute Gasteiger partial charge is 0.397 e. The van der Waals surface area contributed by atoms with Crippen LogP contribution in [0.2, 0.25) is 0 Å². The van der Waals surface area contributed by atoms with Crippen LogP contribution in [0.1, 0.15) is 10.4 Å². The lowest BCUT2D eigenvalue weighted by Gasteiger charge is -2.09. The molecule has 1 aromatic carbocycles. The molecule has 1 aromatic heterocycles. The van der Waals surface area contributed by atoms with Crippen LogP contribution in [0.3, 0.4) is 0 Å². The molecule has 98 valence electrons. The summed E-state index contributed by atoms with van der Waals surface area (Å²) in [5, 5.41) is 2.76. The van der Waals surface area contributed by atoms with Crippen molar-refractivity contribution in [1.82, 2.24) is 4.98 Å². The summed E-state index contributed by atoms with van der Waals surface area (Å²) in [4.78, 5) is 17.2. The molecule has 0 fully saturated rings. The van der Waals surface area contributed by atoms with Crippen molar-refractivity contribution in [3.05, 3.63) is 46.6 Å². The third-order valence-electron chi connectivity index (χ3n) is 2.45. The Bertz CT molecular complexity index is 619. The minimum Gasteiger partial charge on any atom is -0.397 e. The van der Waals surface area contributed by atoms with Gasteiger partial charge in [0, 0.05) is 4.90 Å². The van der Waals surface area contributed by atoms with Gasteiger partial charge >= 0.3 is 0 Å². The summed E-state index contributed by atoms with van der Waals surface area (Å²) in [6.45, 7) is 0. The van der Waals surface area contributed by atoms with Gasteiger partial charge in [-0.25, -0.2) is 4.98 Å². The summed E-state index contributed by atoms with van der Waals surface area (Å²) in [6, 6.07) is 9.13. The van der Waals surface area contributed by atoms with Crippen LogP contribution in [0, 0.1) is 0 Å². The number of rotatable bonds is 3.